The molecule has 2 aliphatic rings. The molecule has 0 aliphatic heterocycles. The van der Waals surface area contributed by atoms with Crippen molar-refractivity contribution in [2.45, 2.75) is 32.1 Å². The first kappa shape index (κ1) is 9.47. The zero-order chi connectivity index (χ0) is 11.2. The fourth-order valence-electron chi connectivity index (χ4n) is 3.48. The molecular formula is C17H16. The highest BCUT2D eigenvalue weighted by Gasteiger charge is 2.23. The van der Waals surface area contributed by atoms with E-state index in [9.17, 15) is 0 Å². The summed E-state index contributed by atoms with van der Waals surface area (Å²) in [5, 5.41) is 0. The zero-order valence-corrected chi connectivity index (χ0v) is 10.00. The Morgan fingerprint density at radius 1 is 0.706 bits per heavy atom. The van der Waals surface area contributed by atoms with Gasteiger partial charge in [-0.15, -0.1) is 0 Å². The predicted octanol–water partition coefficient (Wildman–Crippen LogP) is 4.14. The van der Waals surface area contributed by atoms with Gasteiger partial charge >= 0.3 is 0 Å². The van der Waals surface area contributed by atoms with Crippen LogP contribution in [0.1, 0.15) is 35.1 Å². The Labute approximate surface area is 102 Å². The van der Waals surface area contributed by atoms with E-state index in [2.05, 4.69) is 36.4 Å². The number of fused-ring (bicyclic) bond motifs is 5. The third-order valence-electron chi connectivity index (χ3n) is 4.29. The van der Waals surface area contributed by atoms with Gasteiger partial charge in [-0.05, 0) is 65.5 Å². The Balaban J connectivity index is 2.01. The van der Waals surface area contributed by atoms with Crippen LogP contribution in [0.15, 0.2) is 36.4 Å². The van der Waals surface area contributed by atoms with Gasteiger partial charge < -0.3 is 0 Å². The molecule has 4 rings (SSSR count). The van der Waals surface area contributed by atoms with Crippen LogP contribution in [0, 0.1) is 0 Å². The van der Waals surface area contributed by atoms with Crippen molar-refractivity contribution in [3.05, 3.63) is 58.7 Å². The number of rotatable bonds is 0. The first-order valence-electron chi connectivity index (χ1n) is 6.65. The monoisotopic (exact) mass is 220 g/mol. The Morgan fingerprint density at radius 2 is 1.53 bits per heavy atom. The van der Waals surface area contributed by atoms with Crippen LogP contribution in [0.3, 0.4) is 0 Å². The number of aryl methyl sites for hydroxylation is 1. The molecule has 0 atom stereocenters. The molecule has 0 amide bonds. The van der Waals surface area contributed by atoms with E-state index in [1.165, 1.54) is 36.8 Å². The SMILES string of the molecule is c1ccc2c(c1)Cc1ccc3c(c1-2)CCCC3. The van der Waals surface area contributed by atoms with Gasteiger partial charge in [0.05, 0.1) is 0 Å². The maximum absolute atomic E-state index is 2.37. The van der Waals surface area contributed by atoms with Gasteiger partial charge in [0, 0.05) is 0 Å². The maximum atomic E-state index is 2.37. The minimum Gasteiger partial charge on any atom is -0.0619 e. The first-order valence-corrected chi connectivity index (χ1v) is 6.65. The molecule has 84 valence electrons. The molecule has 17 heavy (non-hydrogen) atoms. The smallest absolute Gasteiger partial charge is 0.00133 e. The van der Waals surface area contributed by atoms with Crippen molar-refractivity contribution in [2.75, 3.05) is 0 Å². The van der Waals surface area contributed by atoms with E-state index in [0.717, 1.165) is 6.42 Å². The van der Waals surface area contributed by atoms with Crippen LogP contribution in [0.25, 0.3) is 11.1 Å². The second-order valence-electron chi connectivity index (χ2n) is 5.28. The van der Waals surface area contributed by atoms with Crippen molar-refractivity contribution >= 4 is 0 Å². The highest BCUT2D eigenvalue weighted by atomic mass is 14.3. The minimum atomic E-state index is 1.14. The largest absolute Gasteiger partial charge is 0.0619 e. The van der Waals surface area contributed by atoms with Crippen LogP contribution in [0.4, 0.5) is 0 Å². The van der Waals surface area contributed by atoms with Gasteiger partial charge in [0.15, 0.2) is 0 Å². The molecule has 0 nitrogen and oxygen atoms in total. The number of hydrogen-bond donors (Lipinski definition) is 0. The Bertz CT molecular complexity index is 593. The lowest BCUT2D eigenvalue weighted by atomic mass is 9.85. The Kier molecular flexibility index (Phi) is 1.93. The van der Waals surface area contributed by atoms with E-state index in [0.29, 0.717) is 0 Å². The van der Waals surface area contributed by atoms with Crippen LogP contribution in [-0.4, -0.2) is 0 Å². The number of hydrogen-bond acceptors (Lipinski definition) is 0. The average molecular weight is 220 g/mol. The third kappa shape index (κ3) is 1.30. The fourth-order valence-corrected chi connectivity index (χ4v) is 3.48. The molecule has 0 N–H and O–H groups in total. The normalized spacial score (nSPS) is 16.2. The molecular weight excluding hydrogens is 204 g/mol. The van der Waals surface area contributed by atoms with Gasteiger partial charge in [-0.2, -0.15) is 0 Å². The van der Waals surface area contributed by atoms with Crippen LogP contribution in [-0.2, 0) is 19.3 Å². The zero-order valence-electron chi connectivity index (χ0n) is 10.00. The van der Waals surface area contributed by atoms with Crippen molar-refractivity contribution in [3.63, 3.8) is 0 Å². The van der Waals surface area contributed by atoms with Gasteiger partial charge in [-0.1, -0.05) is 36.4 Å². The quantitative estimate of drug-likeness (QED) is 0.534. The maximum Gasteiger partial charge on any atom is -0.00133 e. The van der Waals surface area contributed by atoms with Crippen LogP contribution in [0.2, 0.25) is 0 Å². The highest BCUT2D eigenvalue weighted by molar-refractivity contribution is 5.80. The van der Waals surface area contributed by atoms with Crippen molar-refractivity contribution in [1.82, 2.24) is 0 Å². The summed E-state index contributed by atoms with van der Waals surface area (Å²) in [5.41, 5.74) is 9.40. The van der Waals surface area contributed by atoms with Crippen molar-refractivity contribution in [2.24, 2.45) is 0 Å². The van der Waals surface area contributed by atoms with Crippen molar-refractivity contribution < 1.29 is 0 Å². The Hall–Kier alpha value is -1.56. The predicted molar refractivity (Wildman–Crippen MR) is 71.3 cm³/mol. The van der Waals surface area contributed by atoms with Crippen molar-refractivity contribution in [1.29, 1.82) is 0 Å². The summed E-state index contributed by atoms with van der Waals surface area (Å²) in [6.07, 6.45) is 6.44. The lowest BCUT2D eigenvalue weighted by molar-refractivity contribution is 0.686. The highest BCUT2D eigenvalue weighted by Crippen LogP contribution is 2.41. The van der Waals surface area contributed by atoms with E-state index >= 15 is 0 Å². The van der Waals surface area contributed by atoms with E-state index in [1.54, 1.807) is 22.3 Å². The summed E-state index contributed by atoms with van der Waals surface area (Å²) in [6, 6.07) is 13.7. The second-order valence-corrected chi connectivity index (χ2v) is 5.28. The molecule has 0 saturated heterocycles. The summed E-state index contributed by atoms with van der Waals surface area (Å²) in [4.78, 5) is 0. The van der Waals surface area contributed by atoms with Gasteiger partial charge in [0.1, 0.15) is 0 Å². The molecule has 0 fully saturated rings. The molecule has 2 aliphatic carbocycles. The van der Waals surface area contributed by atoms with Gasteiger partial charge in [0.25, 0.3) is 0 Å². The van der Waals surface area contributed by atoms with E-state index in [-0.39, 0.29) is 0 Å². The van der Waals surface area contributed by atoms with Gasteiger partial charge in [-0.25, -0.2) is 0 Å². The molecule has 2 aromatic carbocycles. The molecule has 0 unspecified atom stereocenters. The van der Waals surface area contributed by atoms with Crippen LogP contribution in [0.5, 0.6) is 0 Å². The molecule has 0 spiro atoms. The van der Waals surface area contributed by atoms with Gasteiger partial charge in [0.2, 0.25) is 0 Å². The lowest BCUT2D eigenvalue weighted by Gasteiger charge is -2.19. The number of benzene rings is 2. The minimum absolute atomic E-state index is 1.14. The summed E-state index contributed by atoms with van der Waals surface area (Å²) in [5.74, 6) is 0. The van der Waals surface area contributed by atoms with E-state index in [1.807, 2.05) is 0 Å². The molecule has 0 bridgehead atoms. The van der Waals surface area contributed by atoms with E-state index in [4.69, 9.17) is 0 Å². The summed E-state index contributed by atoms with van der Waals surface area (Å²) in [6.45, 7) is 0. The molecule has 0 saturated carbocycles. The topological polar surface area (TPSA) is 0 Å². The van der Waals surface area contributed by atoms with Crippen LogP contribution < -0.4 is 0 Å². The average Bonchev–Trinajstić information content (AvgIpc) is 2.77. The standard InChI is InChI=1S/C17H16/c1-3-7-15-12(5-1)9-10-14-11-13-6-2-4-8-16(13)17(14)15/h2,4,6,8-10H,1,3,5,7,11H2. The van der Waals surface area contributed by atoms with Crippen LogP contribution >= 0.6 is 0 Å². The summed E-state index contributed by atoms with van der Waals surface area (Å²) in [7, 11) is 0. The van der Waals surface area contributed by atoms with Crippen molar-refractivity contribution in [3.8, 4) is 11.1 Å². The summed E-state index contributed by atoms with van der Waals surface area (Å²) < 4.78 is 0. The molecule has 2 aromatic rings. The fraction of sp³-hybridized carbons (Fsp3) is 0.294. The lowest BCUT2D eigenvalue weighted by Crippen LogP contribution is -2.04. The summed E-state index contributed by atoms with van der Waals surface area (Å²) >= 11 is 0. The molecule has 0 heterocycles. The van der Waals surface area contributed by atoms with Gasteiger partial charge in [-0.3, -0.25) is 0 Å². The first-order chi connectivity index (χ1) is 8.43. The Morgan fingerprint density at radius 3 is 2.53 bits per heavy atom. The molecule has 0 radical (unpaired) electrons. The second kappa shape index (κ2) is 3.46. The third-order valence-corrected chi connectivity index (χ3v) is 4.29. The molecule has 0 aromatic heterocycles. The molecule has 0 heteroatoms. The van der Waals surface area contributed by atoms with E-state index < -0.39 is 0 Å².